The van der Waals surface area contributed by atoms with Crippen LogP contribution in [0, 0.1) is 6.92 Å². The predicted octanol–water partition coefficient (Wildman–Crippen LogP) is 3.06. The summed E-state index contributed by atoms with van der Waals surface area (Å²) >= 11 is 6.09. The molecule has 124 valence electrons. The van der Waals surface area contributed by atoms with Gasteiger partial charge in [-0.1, -0.05) is 11.6 Å². The largest absolute Gasteiger partial charge is 0.382 e. The minimum atomic E-state index is -0.376. The summed E-state index contributed by atoms with van der Waals surface area (Å²) in [6.07, 6.45) is 1.49. The van der Waals surface area contributed by atoms with Gasteiger partial charge in [0.25, 0.3) is 5.91 Å². The molecule has 6 heteroatoms. The van der Waals surface area contributed by atoms with Crippen LogP contribution in [0.4, 0.5) is 0 Å². The lowest BCUT2D eigenvalue weighted by Crippen LogP contribution is -2.55. The van der Waals surface area contributed by atoms with Crippen molar-refractivity contribution in [3.63, 3.8) is 0 Å². The number of halogens is 1. The molecular weight excluding hydrogens is 316 g/mol. The van der Waals surface area contributed by atoms with E-state index >= 15 is 0 Å². The van der Waals surface area contributed by atoms with E-state index in [4.69, 9.17) is 21.1 Å². The van der Waals surface area contributed by atoms with Crippen molar-refractivity contribution in [2.75, 3.05) is 26.9 Å². The van der Waals surface area contributed by atoms with Gasteiger partial charge in [0.1, 0.15) is 0 Å². The molecule has 1 saturated heterocycles. The number of fused-ring (bicyclic) bond motifs is 1. The van der Waals surface area contributed by atoms with Gasteiger partial charge in [-0.05, 0) is 38.0 Å². The Kier molecular flexibility index (Phi) is 4.62. The molecule has 2 heterocycles. The second-order valence-electron chi connectivity index (χ2n) is 6.09. The second-order valence-corrected chi connectivity index (χ2v) is 6.53. The Hall–Kier alpha value is -1.56. The molecule has 2 N–H and O–H groups in total. The monoisotopic (exact) mass is 336 g/mol. The first-order chi connectivity index (χ1) is 11.0. The van der Waals surface area contributed by atoms with Crippen LogP contribution >= 0.6 is 11.6 Å². The number of amides is 1. The van der Waals surface area contributed by atoms with Crippen LogP contribution in [-0.4, -0.2) is 43.4 Å². The summed E-state index contributed by atoms with van der Waals surface area (Å²) in [5.74, 6) is -0.102. The zero-order valence-corrected chi connectivity index (χ0v) is 14.1. The van der Waals surface area contributed by atoms with Gasteiger partial charge in [0, 0.05) is 41.9 Å². The lowest BCUT2D eigenvalue weighted by atomic mass is 9.90. The van der Waals surface area contributed by atoms with Crippen LogP contribution in [0.3, 0.4) is 0 Å². The molecule has 1 aromatic heterocycles. The molecule has 23 heavy (non-hydrogen) atoms. The Morgan fingerprint density at radius 2 is 2.17 bits per heavy atom. The quantitative estimate of drug-likeness (QED) is 0.902. The number of aromatic nitrogens is 1. The van der Waals surface area contributed by atoms with Crippen LogP contribution in [0.15, 0.2) is 18.2 Å². The molecule has 0 spiro atoms. The Balaban J connectivity index is 1.93. The summed E-state index contributed by atoms with van der Waals surface area (Å²) in [7, 11) is 1.65. The van der Waals surface area contributed by atoms with Crippen molar-refractivity contribution < 1.29 is 14.3 Å². The van der Waals surface area contributed by atoms with E-state index in [-0.39, 0.29) is 11.4 Å². The third-order valence-corrected chi connectivity index (χ3v) is 4.66. The zero-order valence-electron chi connectivity index (χ0n) is 13.4. The number of aromatic amines is 1. The van der Waals surface area contributed by atoms with Crippen molar-refractivity contribution in [3.8, 4) is 0 Å². The van der Waals surface area contributed by atoms with E-state index in [0.717, 1.165) is 29.4 Å². The summed E-state index contributed by atoms with van der Waals surface area (Å²) in [5, 5.41) is 4.64. The smallest absolute Gasteiger partial charge is 0.254 e. The minimum absolute atomic E-state index is 0.102. The van der Waals surface area contributed by atoms with E-state index < -0.39 is 0 Å². The van der Waals surface area contributed by atoms with Gasteiger partial charge in [-0.2, -0.15) is 0 Å². The van der Waals surface area contributed by atoms with Crippen molar-refractivity contribution in [1.29, 1.82) is 0 Å². The van der Waals surface area contributed by atoms with E-state index in [1.165, 1.54) is 0 Å². The number of carbonyl (C=O) groups excluding carboxylic acids is 1. The molecule has 0 radical (unpaired) electrons. The minimum Gasteiger partial charge on any atom is -0.382 e. The number of H-pyrrole nitrogens is 1. The number of aryl methyl sites for hydroxylation is 1. The number of hydrogen-bond donors (Lipinski definition) is 2. The zero-order chi connectivity index (χ0) is 16.4. The number of benzene rings is 1. The standard InChI is InChI=1S/C17H21ClN2O3/c1-11-15(13-9-12(18)3-4-14(13)19-11)16(21)20-17(10-22-2)5-7-23-8-6-17/h3-4,9,19H,5-8,10H2,1-2H3,(H,20,21). The maximum atomic E-state index is 12.9. The first kappa shape index (κ1) is 16.3. The molecule has 1 aliphatic heterocycles. The molecule has 0 aliphatic carbocycles. The molecule has 1 fully saturated rings. The molecule has 1 aromatic carbocycles. The van der Waals surface area contributed by atoms with Crippen molar-refractivity contribution in [1.82, 2.24) is 10.3 Å². The second kappa shape index (κ2) is 6.51. The van der Waals surface area contributed by atoms with E-state index in [1.807, 2.05) is 25.1 Å². The van der Waals surface area contributed by atoms with Gasteiger partial charge >= 0.3 is 0 Å². The van der Waals surface area contributed by atoms with Gasteiger partial charge in [0.15, 0.2) is 0 Å². The van der Waals surface area contributed by atoms with Gasteiger partial charge in [-0.3, -0.25) is 4.79 Å². The summed E-state index contributed by atoms with van der Waals surface area (Å²) in [5.41, 5.74) is 2.01. The van der Waals surface area contributed by atoms with E-state index in [9.17, 15) is 4.79 Å². The predicted molar refractivity (Wildman–Crippen MR) is 90.2 cm³/mol. The van der Waals surface area contributed by atoms with Crippen molar-refractivity contribution in [2.24, 2.45) is 0 Å². The summed E-state index contributed by atoms with van der Waals surface area (Å²) in [6, 6.07) is 5.52. The number of nitrogens with one attached hydrogen (secondary N) is 2. The van der Waals surface area contributed by atoms with Gasteiger partial charge < -0.3 is 19.8 Å². The average molecular weight is 337 g/mol. The van der Waals surface area contributed by atoms with Crippen molar-refractivity contribution >= 4 is 28.4 Å². The highest BCUT2D eigenvalue weighted by Gasteiger charge is 2.35. The maximum Gasteiger partial charge on any atom is 0.254 e. The van der Waals surface area contributed by atoms with Crippen LogP contribution < -0.4 is 5.32 Å². The van der Waals surface area contributed by atoms with Crippen LogP contribution in [0.5, 0.6) is 0 Å². The Morgan fingerprint density at radius 1 is 1.43 bits per heavy atom. The van der Waals surface area contributed by atoms with E-state index in [2.05, 4.69) is 10.3 Å². The van der Waals surface area contributed by atoms with E-state index in [0.29, 0.717) is 30.4 Å². The number of ether oxygens (including phenoxy) is 2. The Labute approximate surface area is 140 Å². The molecule has 3 rings (SSSR count). The van der Waals surface area contributed by atoms with Crippen molar-refractivity contribution in [3.05, 3.63) is 34.5 Å². The number of hydrogen-bond acceptors (Lipinski definition) is 3. The lowest BCUT2D eigenvalue weighted by Gasteiger charge is -2.37. The Morgan fingerprint density at radius 3 is 2.87 bits per heavy atom. The average Bonchev–Trinajstić information content (AvgIpc) is 2.83. The fourth-order valence-electron chi connectivity index (χ4n) is 3.24. The molecule has 5 nitrogen and oxygen atoms in total. The van der Waals surface area contributed by atoms with Gasteiger partial charge in [0.05, 0.1) is 17.7 Å². The van der Waals surface area contributed by atoms with Crippen LogP contribution in [-0.2, 0) is 9.47 Å². The molecular formula is C17H21ClN2O3. The topological polar surface area (TPSA) is 63.3 Å². The first-order valence-electron chi connectivity index (χ1n) is 7.72. The molecule has 1 aliphatic rings. The number of carbonyl (C=O) groups is 1. The highest BCUT2D eigenvalue weighted by molar-refractivity contribution is 6.31. The molecule has 0 atom stereocenters. The normalized spacial score (nSPS) is 17.3. The maximum absolute atomic E-state index is 12.9. The third kappa shape index (κ3) is 3.22. The third-order valence-electron chi connectivity index (χ3n) is 4.42. The lowest BCUT2D eigenvalue weighted by molar-refractivity contribution is 0.00208. The summed E-state index contributed by atoms with van der Waals surface area (Å²) in [4.78, 5) is 16.2. The summed E-state index contributed by atoms with van der Waals surface area (Å²) < 4.78 is 10.8. The molecule has 2 aromatic rings. The van der Waals surface area contributed by atoms with Gasteiger partial charge in [-0.15, -0.1) is 0 Å². The van der Waals surface area contributed by atoms with E-state index in [1.54, 1.807) is 7.11 Å². The first-order valence-corrected chi connectivity index (χ1v) is 8.09. The van der Waals surface area contributed by atoms with Crippen LogP contribution in [0.1, 0.15) is 28.9 Å². The molecule has 1 amide bonds. The van der Waals surface area contributed by atoms with Gasteiger partial charge in [-0.25, -0.2) is 0 Å². The number of methoxy groups -OCH3 is 1. The molecule has 0 saturated carbocycles. The van der Waals surface area contributed by atoms with Crippen LogP contribution in [0.2, 0.25) is 5.02 Å². The summed E-state index contributed by atoms with van der Waals surface area (Å²) in [6.45, 7) is 3.63. The molecule has 0 unspecified atom stereocenters. The van der Waals surface area contributed by atoms with Gasteiger partial charge in [0.2, 0.25) is 0 Å². The van der Waals surface area contributed by atoms with Crippen LogP contribution in [0.25, 0.3) is 10.9 Å². The number of rotatable bonds is 4. The SMILES string of the molecule is COCC1(NC(=O)c2c(C)[nH]c3ccc(Cl)cc23)CCOCC1. The fourth-order valence-corrected chi connectivity index (χ4v) is 3.41. The van der Waals surface area contributed by atoms with Crippen molar-refractivity contribution in [2.45, 2.75) is 25.3 Å². The highest BCUT2D eigenvalue weighted by atomic mass is 35.5. The Bertz CT molecular complexity index is 714. The highest BCUT2D eigenvalue weighted by Crippen LogP contribution is 2.27. The fraction of sp³-hybridized carbons (Fsp3) is 0.471. The molecule has 0 bridgehead atoms.